The summed E-state index contributed by atoms with van der Waals surface area (Å²) in [5.41, 5.74) is 8.88. The minimum Gasteiger partial charge on any atom is -0.385 e. The summed E-state index contributed by atoms with van der Waals surface area (Å²) in [6.45, 7) is 5.76. The van der Waals surface area contributed by atoms with Gasteiger partial charge >= 0.3 is 0 Å². The maximum Gasteiger partial charge on any atom is 0.0422 e. The average molecular weight is 179 g/mol. The fourth-order valence-corrected chi connectivity index (χ4v) is 1.16. The van der Waals surface area contributed by atoms with Crippen LogP contribution in [0.5, 0.6) is 0 Å². The number of aromatic nitrogens is 1. The van der Waals surface area contributed by atoms with Gasteiger partial charge in [0.05, 0.1) is 0 Å². The number of nitrogens with two attached hydrogens (primary N) is 1. The Kier molecular flexibility index (Phi) is 3.71. The van der Waals surface area contributed by atoms with Crippen LogP contribution in [-0.4, -0.2) is 18.1 Å². The average Bonchev–Trinajstić information content (AvgIpc) is 2.13. The molecule has 0 aromatic carbocycles. The molecule has 0 aliphatic heterocycles. The van der Waals surface area contributed by atoms with Crippen molar-refractivity contribution in [1.82, 2.24) is 4.98 Å². The maximum absolute atomic E-state index is 5.41. The molecule has 0 aliphatic carbocycles. The fraction of sp³-hybridized carbons (Fsp3) is 0.500. The van der Waals surface area contributed by atoms with E-state index >= 15 is 0 Å². The molecule has 1 aromatic heterocycles. The quantitative estimate of drug-likeness (QED) is 0.688. The first-order valence-corrected chi connectivity index (χ1v) is 4.62. The van der Waals surface area contributed by atoms with Gasteiger partial charge in [-0.05, 0) is 38.4 Å². The van der Waals surface area contributed by atoms with Crippen LogP contribution in [0.1, 0.15) is 17.7 Å². The highest BCUT2D eigenvalue weighted by molar-refractivity contribution is 5.51. The molecule has 1 aromatic rings. The minimum atomic E-state index is 0.732. The molecule has 0 radical (unpaired) electrons. The zero-order valence-corrected chi connectivity index (χ0v) is 8.30. The molecule has 1 heterocycles. The second kappa shape index (κ2) is 4.82. The summed E-state index contributed by atoms with van der Waals surface area (Å²) >= 11 is 0. The van der Waals surface area contributed by atoms with Crippen molar-refractivity contribution in [3.8, 4) is 0 Å². The number of anilines is 1. The molecule has 0 saturated heterocycles. The van der Waals surface area contributed by atoms with Gasteiger partial charge in [0.15, 0.2) is 0 Å². The summed E-state index contributed by atoms with van der Waals surface area (Å²) in [4.78, 5) is 4.20. The summed E-state index contributed by atoms with van der Waals surface area (Å²) in [5, 5.41) is 3.33. The Hall–Kier alpha value is -1.09. The molecule has 72 valence electrons. The van der Waals surface area contributed by atoms with Gasteiger partial charge in [0, 0.05) is 24.1 Å². The SMILES string of the molecule is Cc1nccc(NCCCN)c1C. The number of nitrogens with one attached hydrogen (secondary N) is 1. The molecule has 0 unspecified atom stereocenters. The lowest BCUT2D eigenvalue weighted by Gasteiger charge is -2.09. The van der Waals surface area contributed by atoms with Gasteiger partial charge in [0.2, 0.25) is 0 Å². The third kappa shape index (κ3) is 2.70. The summed E-state index contributed by atoms with van der Waals surface area (Å²) in [6.07, 6.45) is 2.83. The zero-order chi connectivity index (χ0) is 9.68. The van der Waals surface area contributed by atoms with Gasteiger partial charge in [0.1, 0.15) is 0 Å². The van der Waals surface area contributed by atoms with Crippen molar-refractivity contribution < 1.29 is 0 Å². The van der Waals surface area contributed by atoms with Gasteiger partial charge in [0.25, 0.3) is 0 Å². The third-order valence-corrected chi connectivity index (χ3v) is 2.15. The minimum absolute atomic E-state index is 0.732. The van der Waals surface area contributed by atoms with Crippen LogP contribution in [0, 0.1) is 13.8 Å². The van der Waals surface area contributed by atoms with Crippen LogP contribution in [0.25, 0.3) is 0 Å². The highest BCUT2D eigenvalue weighted by Crippen LogP contribution is 2.15. The zero-order valence-electron chi connectivity index (χ0n) is 8.30. The van der Waals surface area contributed by atoms with Crippen molar-refractivity contribution in [2.75, 3.05) is 18.4 Å². The molecule has 3 N–H and O–H groups in total. The standard InChI is InChI=1S/C10H17N3/c1-8-9(2)12-7-4-10(8)13-6-3-5-11/h4,7H,3,5-6,11H2,1-2H3,(H,12,13). The lowest BCUT2D eigenvalue weighted by Crippen LogP contribution is -2.09. The Labute approximate surface area is 79.4 Å². The van der Waals surface area contributed by atoms with Crippen molar-refractivity contribution in [2.24, 2.45) is 5.73 Å². The second-order valence-corrected chi connectivity index (χ2v) is 3.14. The molecule has 0 amide bonds. The van der Waals surface area contributed by atoms with Crippen LogP contribution in [-0.2, 0) is 0 Å². The van der Waals surface area contributed by atoms with Gasteiger partial charge in [-0.3, -0.25) is 4.98 Å². The summed E-state index contributed by atoms with van der Waals surface area (Å²) in [7, 11) is 0. The van der Waals surface area contributed by atoms with Crippen molar-refractivity contribution in [3.05, 3.63) is 23.5 Å². The number of rotatable bonds is 4. The van der Waals surface area contributed by atoms with Crippen LogP contribution in [0.2, 0.25) is 0 Å². The lowest BCUT2D eigenvalue weighted by molar-refractivity contribution is 0.872. The first kappa shape index (κ1) is 9.99. The molecular formula is C10H17N3. The van der Waals surface area contributed by atoms with E-state index in [0.29, 0.717) is 0 Å². The number of pyridine rings is 1. The molecule has 1 rings (SSSR count). The van der Waals surface area contributed by atoms with E-state index in [-0.39, 0.29) is 0 Å². The van der Waals surface area contributed by atoms with Crippen molar-refractivity contribution in [3.63, 3.8) is 0 Å². The van der Waals surface area contributed by atoms with Gasteiger partial charge in [-0.1, -0.05) is 0 Å². The molecule has 0 saturated carbocycles. The van der Waals surface area contributed by atoms with Crippen molar-refractivity contribution in [2.45, 2.75) is 20.3 Å². The van der Waals surface area contributed by atoms with Crippen LogP contribution in [0.3, 0.4) is 0 Å². The summed E-state index contributed by atoms with van der Waals surface area (Å²) in [6, 6.07) is 2.00. The van der Waals surface area contributed by atoms with Crippen molar-refractivity contribution >= 4 is 5.69 Å². The Morgan fingerprint density at radius 2 is 2.23 bits per heavy atom. The van der Waals surface area contributed by atoms with Crippen LogP contribution in [0.4, 0.5) is 5.69 Å². The van der Waals surface area contributed by atoms with Gasteiger partial charge in [-0.25, -0.2) is 0 Å². The molecule has 0 atom stereocenters. The Bertz CT molecular complexity index is 271. The number of aryl methyl sites for hydroxylation is 1. The van der Waals surface area contributed by atoms with E-state index in [0.717, 1.165) is 25.2 Å². The fourth-order valence-electron chi connectivity index (χ4n) is 1.16. The Balaban J connectivity index is 2.61. The number of hydrogen-bond acceptors (Lipinski definition) is 3. The smallest absolute Gasteiger partial charge is 0.0422 e. The monoisotopic (exact) mass is 179 g/mol. The maximum atomic E-state index is 5.41. The molecule has 0 fully saturated rings. The first-order valence-electron chi connectivity index (χ1n) is 4.62. The van der Waals surface area contributed by atoms with E-state index in [9.17, 15) is 0 Å². The summed E-state index contributed by atoms with van der Waals surface area (Å²) < 4.78 is 0. The van der Waals surface area contributed by atoms with Gasteiger partial charge < -0.3 is 11.1 Å². The largest absolute Gasteiger partial charge is 0.385 e. The highest BCUT2D eigenvalue weighted by Gasteiger charge is 1.99. The Morgan fingerprint density at radius 3 is 2.92 bits per heavy atom. The van der Waals surface area contributed by atoms with E-state index in [1.807, 2.05) is 19.2 Å². The third-order valence-electron chi connectivity index (χ3n) is 2.15. The van der Waals surface area contributed by atoms with Gasteiger partial charge in [-0.2, -0.15) is 0 Å². The first-order chi connectivity index (χ1) is 6.25. The van der Waals surface area contributed by atoms with E-state index in [1.165, 1.54) is 11.3 Å². The molecule has 0 aliphatic rings. The van der Waals surface area contributed by atoms with Crippen LogP contribution in [0.15, 0.2) is 12.3 Å². The topological polar surface area (TPSA) is 50.9 Å². The van der Waals surface area contributed by atoms with Crippen LogP contribution >= 0.6 is 0 Å². The predicted octanol–water partition coefficient (Wildman–Crippen LogP) is 1.46. The van der Waals surface area contributed by atoms with E-state index in [1.54, 1.807) is 0 Å². The highest BCUT2D eigenvalue weighted by atomic mass is 14.9. The molecule has 13 heavy (non-hydrogen) atoms. The van der Waals surface area contributed by atoms with E-state index in [4.69, 9.17) is 5.73 Å². The Morgan fingerprint density at radius 1 is 1.46 bits per heavy atom. The van der Waals surface area contributed by atoms with Crippen molar-refractivity contribution in [1.29, 1.82) is 0 Å². The normalized spacial score (nSPS) is 10.1. The molecule has 0 bridgehead atoms. The summed E-state index contributed by atoms with van der Waals surface area (Å²) in [5.74, 6) is 0. The molecular weight excluding hydrogens is 162 g/mol. The second-order valence-electron chi connectivity index (χ2n) is 3.14. The molecule has 3 heteroatoms. The van der Waals surface area contributed by atoms with Gasteiger partial charge in [-0.15, -0.1) is 0 Å². The number of nitrogens with zero attached hydrogens (tertiary/aromatic N) is 1. The predicted molar refractivity (Wildman–Crippen MR) is 55.9 cm³/mol. The van der Waals surface area contributed by atoms with E-state index < -0.39 is 0 Å². The lowest BCUT2D eigenvalue weighted by atomic mass is 10.2. The molecule has 0 spiro atoms. The van der Waals surface area contributed by atoms with Crippen LogP contribution < -0.4 is 11.1 Å². The molecule has 3 nitrogen and oxygen atoms in total. The number of hydrogen-bond donors (Lipinski definition) is 2. The van der Waals surface area contributed by atoms with E-state index in [2.05, 4.69) is 17.2 Å².